The number of rotatable bonds is 2. The first-order valence-electron chi connectivity index (χ1n) is 7.54. The summed E-state index contributed by atoms with van der Waals surface area (Å²) in [6.07, 6.45) is 1.32. The van der Waals surface area contributed by atoms with Crippen molar-refractivity contribution in [2.75, 3.05) is 6.54 Å². The lowest BCUT2D eigenvalue weighted by molar-refractivity contribution is -0.0851. The number of nitrogens with zero attached hydrogens (tertiary/aromatic N) is 2. The van der Waals surface area contributed by atoms with Crippen LogP contribution in [0.1, 0.15) is 39.2 Å². The topological polar surface area (TPSA) is 42.4 Å². The molecule has 1 unspecified atom stereocenters. The number of likely N-dealkylation sites (tertiary alicyclic amines) is 1. The highest BCUT2D eigenvalue weighted by atomic mass is 35.5. The fourth-order valence-electron chi connectivity index (χ4n) is 2.54. The van der Waals surface area contributed by atoms with Crippen LogP contribution in [0.3, 0.4) is 0 Å². The average molecular weight is 347 g/mol. The molecule has 4 nitrogen and oxygen atoms in total. The van der Waals surface area contributed by atoms with Gasteiger partial charge in [-0.05, 0) is 45.2 Å². The summed E-state index contributed by atoms with van der Waals surface area (Å²) >= 11 is 5.75. The van der Waals surface area contributed by atoms with E-state index in [0.717, 1.165) is 10.5 Å². The van der Waals surface area contributed by atoms with E-state index in [1.165, 1.54) is 0 Å². The number of hydrogen-bond donors (Lipinski definition) is 0. The van der Waals surface area contributed by atoms with Gasteiger partial charge in [-0.15, -0.1) is 0 Å². The lowest BCUT2D eigenvalue weighted by atomic mass is 9.95. The second kappa shape index (κ2) is 6.59. The van der Waals surface area contributed by atoms with Gasteiger partial charge in [-0.3, -0.25) is 4.90 Å². The summed E-state index contributed by atoms with van der Waals surface area (Å²) in [5.74, 6) is -2.88. The first-order valence-corrected chi connectivity index (χ1v) is 7.91. The minimum Gasteiger partial charge on any atom is -0.444 e. The average Bonchev–Trinajstić information content (AvgIpc) is 2.41. The molecular formula is C16H21ClF2N2O2. The first kappa shape index (κ1) is 17.9. The van der Waals surface area contributed by atoms with Crippen molar-refractivity contribution in [2.24, 2.45) is 0 Å². The summed E-state index contributed by atoms with van der Waals surface area (Å²) < 4.78 is 32.7. The molecule has 1 fully saturated rings. The van der Waals surface area contributed by atoms with E-state index >= 15 is 0 Å². The quantitative estimate of drug-likeness (QED) is 0.749. The van der Waals surface area contributed by atoms with E-state index in [2.05, 4.69) is 4.98 Å². The van der Waals surface area contributed by atoms with Crippen LogP contribution in [-0.2, 0) is 11.2 Å². The maximum Gasteiger partial charge on any atom is 0.410 e. The number of carbonyl (C=O) groups is 1. The highest BCUT2D eigenvalue weighted by molar-refractivity contribution is 6.29. The molecule has 7 heteroatoms. The molecule has 1 aliphatic rings. The molecule has 0 spiro atoms. The maximum absolute atomic E-state index is 13.7. The summed E-state index contributed by atoms with van der Waals surface area (Å²) in [4.78, 5) is 17.4. The standard InChI is InChI=1S/C16H21ClF2N2O2/c1-15(2,3)23-14(22)21-10-16(18,19)7-6-12(21)8-11-4-5-13(17)20-9-11/h4-5,9,12H,6-8,10H2,1-3H3. The molecule has 0 radical (unpaired) electrons. The van der Waals surface area contributed by atoms with Gasteiger partial charge in [0.15, 0.2) is 0 Å². The van der Waals surface area contributed by atoms with Crippen LogP contribution >= 0.6 is 11.6 Å². The van der Waals surface area contributed by atoms with Gasteiger partial charge in [-0.2, -0.15) is 0 Å². The van der Waals surface area contributed by atoms with Crippen molar-refractivity contribution in [3.05, 3.63) is 29.0 Å². The van der Waals surface area contributed by atoms with Crippen molar-refractivity contribution in [3.8, 4) is 0 Å². The van der Waals surface area contributed by atoms with Crippen LogP contribution in [0.5, 0.6) is 0 Å². The van der Waals surface area contributed by atoms with E-state index in [9.17, 15) is 13.6 Å². The van der Waals surface area contributed by atoms with E-state index in [1.54, 1.807) is 39.1 Å². The number of carbonyl (C=O) groups excluding carboxylic acids is 1. The fourth-order valence-corrected chi connectivity index (χ4v) is 2.65. The Morgan fingerprint density at radius 2 is 2.17 bits per heavy atom. The van der Waals surface area contributed by atoms with Gasteiger partial charge in [0, 0.05) is 18.7 Å². The Kier molecular flexibility index (Phi) is 5.14. The van der Waals surface area contributed by atoms with Crippen LogP contribution in [0.2, 0.25) is 5.15 Å². The molecule has 0 N–H and O–H groups in total. The molecular weight excluding hydrogens is 326 g/mol. The lowest BCUT2D eigenvalue weighted by Gasteiger charge is -2.40. The van der Waals surface area contributed by atoms with Gasteiger partial charge < -0.3 is 4.74 Å². The Labute approximate surface area is 139 Å². The second-order valence-electron chi connectivity index (χ2n) is 6.85. The molecule has 23 heavy (non-hydrogen) atoms. The number of hydrogen-bond acceptors (Lipinski definition) is 3. The zero-order chi connectivity index (χ0) is 17.3. The zero-order valence-electron chi connectivity index (χ0n) is 13.5. The Hall–Kier alpha value is -1.43. The molecule has 0 aliphatic carbocycles. The molecule has 2 heterocycles. The molecule has 1 atom stereocenters. The second-order valence-corrected chi connectivity index (χ2v) is 7.24. The minimum absolute atomic E-state index is 0.217. The number of ether oxygens (including phenoxy) is 1. The van der Waals surface area contributed by atoms with Crippen molar-refractivity contribution in [2.45, 2.75) is 57.6 Å². The Morgan fingerprint density at radius 3 is 2.74 bits per heavy atom. The maximum atomic E-state index is 13.7. The van der Waals surface area contributed by atoms with Crippen LogP contribution in [-0.4, -0.2) is 40.1 Å². The van der Waals surface area contributed by atoms with Gasteiger partial charge in [0.25, 0.3) is 5.92 Å². The molecule has 0 aromatic carbocycles. The van der Waals surface area contributed by atoms with Gasteiger partial charge in [0.05, 0.1) is 6.54 Å². The number of aromatic nitrogens is 1. The molecule has 1 aromatic rings. The molecule has 128 valence electrons. The van der Waals surface area contributed by atoms with Crippen LogP contribution in [0.25, 0.3) is 0 Å². The summed E-state index contributed by atoms with van der Waals surface area (Å²) in [6.45, 7) is 4.52. The molecule has 0 bridgehead atoms. The van der Waals surface area contributed by atoms with Crippen molar-refractivity contribution >= 4 is 17.7 Å². The van der Waals surface area contributed by atoms with Crippen molar-refractivity contribution in [1.29, 1.82) is 0 Å². The smallest absolute Gasteiger partial charge is 0.410 e. The molecule has 1 aliphatic heterocycles. The number of piperidine rings is 1. The van der Waals surface area contributed by atoms with Gasteiger partial charge >= 0.3 is 6.09 Å². The van der Waals surface area contributed by atoms with Crippen molar-refractivity contribution in [1.82, 2.24) is 9.88 Å². The molecule has 1 amide bonds. The van der Waals surface area contributed by atoms with Crippen LogP contribution in [0, 0.1) is 0 Å². The highest BCUT2D eigenvalue weighted by Crippen LogP contribution is 2.32. The number of alkyl halides is 2. The SMILES string of the molecule is CC(C)(C)OC(=O)N1CC(F)(F)CCC1Cc1ccc(Cl)nc1. The van der Waals surface area contributed by atoms with Gasteiger partial charge in [0.2, 0.25) is 0 Å². The summed E-state index contributed by atoms with van der Waals surface area (Å²) in [7, 11) is 0. The largest absolute Gasteiger partial charge is 0.444 e. The predicted molar refractivity (Wildman–Crippen MR) is 83.9 cm³/mol. The van der Waals surface area contributed by atoms with Crippen LogP contribution in [0.15, 0.2) is 18.3 Å². The Bertz CT molecular complexity index is 558. The zero-order valence-corrected chi connectivity index (χ0v) is 14.2. The highest BCUT2D eigenvalue weighted by Gasteiger charge is 2.43. The summed E-state index contributed by atoms with van der Waals surface area (Å²) in [5, 5.41) is 0.368. The van der Waals surface area contributed by atoms with E-state index in [1.807, 2.05) is 0 Å². The molecule has 1 saturated heterocycles. The van der Waals surface area contributed by atoms with E-state index < -0.39 is 24.2 Å². The molecule has 1 aromatic heterocycles. The normalized spacial score (nSPS) is 21.1. The number of amides is 1. The third-order valence-electron chi connectivity index (χ3n) is 3.57. The van der Waals surface area contributed by atoms with Crippen LogP contribution in [0.4, 0.5) is 13.6 Å². The first-order chi connectivity index (χ1) is 10.6. The lowest BCUT2D eigenvalue weighted by Crippen LogP contribution is -2.53. The predicted octanol–water partition coefficient (Wildman–Crippen LogP) is 4.31. The van der Waals surface area contributed by atoms with Crippen molar-refractivity contribution < 1.29 is 18.3 Å². The van der Waals surface area contributed by atoms with Gasteiger partial charge in [-0.1, -0.05) is 17.7 Å². The molecule has 0 saturated carbocycles. The van der Waals surface area contributed by atoms with E-state index in [-0.39, 0.29) is 18.9 Å². The summed E-state index contributed by atoms with van der Waals surface area (Å²) in [6, 6.07) is 3.09. The van der Waals surface area contributed by atoms with E-state index in [4.69, 9.17) is 16.3 Å². The Morgan fingerprint density at radius 1 is 1.48 bits per heavy atom. The van der Waals surface area contributed by atoms with Crippen LogP contribution < -0.4 is 0 Å². The third kappa shape index (κ3) is 5.30. The Balaban J connectivity index is 2.14. The van der Waals surface area contributed by atoms with Crippen molar-refractivity contribution in [3.63, 3.8) is 0 Å². The van der Waals surface area contributed by atoms with E-state index in [0.29, 0.717) is 11.6 Å². The third-order valence-corrected chi connectivity index (χ3v) is 3.80. The number of halogens is 3. The molecule has 2 rings (SSSR count). The van der Waals surface area contributed by atoms with Gasteiger partial charge in [0.1, 0.15) is 10.8 Å². The fraction of sp³-hybridized carbons (Fsp3) is 0.625. The van der Waals surface area contributed by atoms with Gasteiger partial charge in [-0.25, -0.2) is 18.6 Å². The monoisotopic (exact) mass is 346 g/mol. The minimum atomic E-state index is -2.88. The number of pyridine rings is 1. The summed E-state index contributed by atoms with van der Waals surface area (Å²) in [5.41, 5.74) is 0.120.